The van der Waals surface area contributed by atoms with Crippen molar-refractivity contribution in [3.8, 4) is 0 Å². The SMILES string of the molecule is CC(=O)[C@H]1[C@H](c2ccc(Cl)cc2)C2(C(=O)c3ccccc3C2=O)[C@@H]2C=Cc3cc(Cl)ccc3N21. The second-order valence-corrected chi connectivity index (χ2v) is 9.94. The van der Waals surface area contributed by atoms with Gasteiger partial charge in [0.25, 0.3) is 0 Å². The predicted molar refractivity (Wildman–Crippen MR) is 133 cm³/mol. The second kappa shape index (κ2) is 7.39. The normalized spacial score (nSPS) is 23.7. The van der Waals surface area contributed by atoms with E-state index in [1.807, 2.05) is 41.3 Å². The number of nitrogens with zero attached hydrogens (tertiary/aromatic N) is 1. The molecule has 3 aromatic carbocycles. The van der Waals surface area contributed by atoms with Crippen LogP contribution in [0, 0.1) is 5.41 Å². The van der Waals surface area contributed by atoms with E-state index in [0.29, 0.717) is 21.2 Å². The van der Waals surface area contributed by atoms with Crippen molar-refractivity contribution in [3.63, 3.8) is 0 Å². The minimum absolute atomic E-state index is 0.116. The van der Waals surface area contributed by atoms with Crippen LogP contribution in [0.25, 0.3) is 6.08 Å². The number of rotatable bonds is 2. The summed E-state index contributed by atoms with van der Waals surface area (Å²) in [6, 6.07) is 18.2. The van der Waals surface area contributed by atoms with Crippen molar-refractivity contribution >= 4 is 52.3 Å². The third-order valence-corrected chi connectivity index (χ3v) is 7.90. The summed E-state index contributed by atoms with van der Waals surface area (Å²) in [6.45, 7) is 1.52. The van der Waals surface area contributed by atoms with E-state index in [1.54, 1.807) is 42.5 Å². The topological polar surface area (TPSA) is 54.5 Å². The number of carbonyl (C=O) groups is 3. The summed E-state index contributed by atoms with van der Waals surface area (Å²) in [5.41, 5.74) is 1.71. The molecule has 0 amide bonds. The van der Waals surface area contributed by atoms with Gasteiger partial charge in [0, 0.05) is 32.8 Å². The molecule has 0 aromatic heterocycles. The van der Waals surface area contributed by atoms with Crippen LogP contribution in [0.2, 0.25) is 10.0 Å². The largest absolute Gasteiger partial charge is 0.352 e. The van der Waals surface area contributed by atoms with Gasteiger partial charge in [0.1, 0.15) is 5.41 Å². The van der Waals surface area contributed by atoms with Gasteiger partial charge in [-0.15, -0.1) is 0 Å². The van der Waals surface area contributed by atoms with Gasteiger partial charge in [-0.2, -0.15) is 0 Å². The van der Waals surface area contributed by atoms with E-state index in [2.05, 4.69) is 0 Å². The molecule has 6 heteroatoms. The summed E-state index contributed by atoms with van der Waals surface area (Å²) >= 11 is 12.4. The molecule has 3 aliphatic rings. The first-order valence-electron chi connectivity index (χ1n) is 11.1. The van der Waals surface area contributed by atoms with Crippen LogP contribution in [-0.2, 0) is 4.79 Å². The summed E-state index contributed by atoms with van der Waals surface area (Å²) in [5, 5.41) is 1.12. The van der Waals surface area contributed by atoms with Crippen molar-refractivity contribution in [1.82, 2.24) is 0 Å². The Kier molecular flexibility index (Phi) is 4.64. The van der Waals surface area contributed by atoms with Crippen molar-refractivity contribution in [1.29, 1.82) is 0 Å². The van der Waals surface area contributed by atoms with Gasteiger partial charge < -0.3 is 4.90 Å². The van der Waals surface area contributed by atoms with E-state index < -0.39 is 23.4 Å². The van der Waals surface area contributed by atoms with Crippen molar-refractivity contribution in [2.24, 2.45) is 5.41 Å². The zero-order valence-electron chi connectivity index (χ0n) is 18.2. The fourth-order valence-corrected chi connectivity index (χ4v) is 6.45. The zero-order chi connectivity index (χ0) is 23.8. The first-order chi connectivity index (χ1) is 16.4. The summed E-state index contributed by atoms with van der Waals surface area (Å²) in [5.74, 6) is -1.29. The molecule has 3 aromatic rings. The number of benzene rings is 3. The quantitative estimate of drug-likeness (QED) is 0.415. The zero-order valence-corrected chi connectivity index (χ0v) is 19.7. The number of ketones is 3. The maximum absolute atomic E-state index is 14.2. The summed E-state index contributed by atoms with van der Waals surface area (Å²) < 4.78 is 0. The van der Waals surface area contributed by atoms with Crippen LogP contribution < -0.4 is 4.90 Å². The van der Waals surface area contributed by atoms with Gasteiger partial charge in [-0.25, -0.2) is 0 Å². The average molecular weight is 488 g/mol. The van der Waals surface area contributed by atoms with E-state index >= 15 is 0 Å². The highest BCUT2D eigenvalue weighted by molar-refractivity contribution is 6.33. The van der Waals surface area contributed by atoms with Crippen molar-refractivity contribution in [2.45, 2.75) is 24.9 Å². The summed E-state index contributed by atoms with van der Waals surface area (Å²) in [4.78, 5) is 43.7. The number of anilines is 1. The van der Waals surface area contributed by atoms with Crippen molar-refractivity contribution in [3.05, 3.63) is 105 Å². The second-order valence-electron chi connectivity index (χ2n) is 9.07. The molecule has 0 radical (unpaired) electrons. The fourth-order valence-electron chi connectivity index (χ4n) is 6.14. The number of hydrogen-bond acceptors (Lipinski definition) is 4. The Hall–Kier alpha value is -3.21. The highest BCUT2D eigenvalue weighted by Gasteiger charge is 2.71. The smallest absolute Gasteiger partial charge is 0.180 e. The number of fused-ring (bicyclic) bond motifs is 5. The highest BCUT2D eigenvalue weighted by Crippen LogP contribution is 2.60. The average Bonchev–Trinajstić information content (AvgIpc) is 3.26. The molecule has 2 heterocycles. The Morgan fingerprint density at radius 3 is 2.12 bits per heavy atom. The van der Waals surface area contributed by atoms with E-state index in [1.165, 1.54) is 6.92 Å². The minimum Gasteiger partial charge on any atom is -0.352 e. The van der Waals surface area contributed by atoms with Gasteiger partial charge in [-0.1, -0.05) is 71.8 Å². The standard InChI is InChI=1S/C28H19Cl2NO3/c1-15(32)25-24(16-6-9-18(29)10-7-16)28(26(33)20-4-2-3-5-21(20)27(28)34)23-13-8-17-14-19(30)11-12-22(17)31(23)25/h2-14,23-25H,1H3/t23-,24-,25-/m0/s1. The predicted octanol–water partition coefficient (Wildman–Crippen LogP) is 6.02. The molecule has 1 spiro atoms. The lowest BCUT2D eigenvalue weighted by molar-refractivity contribution is -0.118. The van der Waals surface area contributed by atoms with E-state index in [-0.39, 0.29) is 17.3 Å². The first-order valence-corrected chi connectivity index (χ1v) is 11.8. The van der Waals surface area contributed by atoms with E-state index in [4.69, 9.17) is 23.2 Å². The lowest BCUT2D eigenvalue weighted by atomic mass is 9.64. The summed E-state index contributed by atoms with van der Waals surface area (Å²) in [6.07, 6.45) is 3.78. The van der Waals surface area contributed by atoms with Crippen molar-refractivity contribution in [2.75, 3.05) is 4.90 Å². The Balaban J connectivity index is 1.68. The number of halogens is 2. The molecule has 3 atom stereocenters. The molecule has 6 rings (SSSR count). The van der Waals surface area contributed by atoms with Crippen LogP contribution in [-0.4, -0.2) is 29.4 Å². The van der Waals surface area contributed by atoms with Gasteiger partial charge >= 0.3 is 0 Å². The van der Waals surface area contributed by atoms with Gasteiger partial charge in [0.15, 0.2) is 17.3 Å². The number of Topliss-reactive ketones (excluding diaryl/α,β-unsaturated/α-hetero) is 3. The molecular formula is C28H19Cl2NO3. The van der Waals surface area contributed by atoms with Gasteiger partial charge in [-0.3, -0.25) is 14.4 Å². The van der Waals surface area contributed by atoms with E-state index in [0.717, 1.165) is 16.8 Å². The lowest BCUT2D eigenvalue weighted by Crippen LogP contribution is -2.48. The van der Waals surface area contributed by atoms with E-state index in [9.17, 15) is 14.4 Å². The highest BCUT2D eigenvalue weighted by atomic mass is 35.5. The van der Waals surface area contributed by atoms with Crippen LogP contribution in [0.1, 0.15) is 44.7 Å². The van der Waals surface area contributed by atoms with Gasteiger partial charge in [0.05, 0.1) is 12.1 Å². The molecule has 0 saturated carbocycles. The minimum atomic E-state index is -1.47. The van der Waals surface area contributed by atoms with Gasteiger partial charge in [-0.05, 0) is 48.4 Å². The number of hydrogen-bond donors (Lipinski definition) is 0. The Morgan fingerprint density at radius 1 is 0.882 bits per heavy atom. The Morgan fingerprint density at radius 2 is 1.50 bits per heavy atom. The Labute approximate surface area is 206 Å². The molecule has 4 nitrogen and oxygen atoms in total. The molecule has 0 bridgehead atoms. The van der Waals surface area contributed by atoms with Gasteiger partial charge in [0.2, 0.25) is 0 Å². The molecule has 168 valence electrons. The third-order valence-electron chi connectivity index (χ3n) is 7.41. The molecule has 1 fully saturated rings. The monoisotopic (exact) mass is 487 g/mol. The van der Waals surface area contributed by atoms with Crippen LogP contribution in [0.15, 0.2) is 72.8 Å². The maximum Gasteiger partial charge on any atom is 0.180 e. The molecule has 1 saturated heterocycles. The van der Waals surface area contributed by atoms with Crippen LogP contribution >= 0.6 is 23.2 Å². The van der Waals surface area contributed by atoms with Crippen molar-refractivity contribution < 1.29 is 14.4 Å². The fraction of sp³-hybridized carbons (Fsp3) is 0.179. The van der Waals surface area contributed by atoms with Crippen LogP contribution in [0.3, 0.4) is 0 Å². The molecule has 0 N–H and O–H groups in total. The molecule has 1 aliphatic carbocycles. The molecular weight excluding hydrogens is 469 g/mol. The third kappa shape index (κ3) is 2.64. The Bertz CT molecular complexity index is 1390. The molecule has 2 aliphatic heterocycles. The molecule has 34 heavy (non-hydrogen) atoms. The lowest BCUT2D eigenvalue weighted by Gasteiger charge is -2.37. The first kappa shape index (κ1) is 21.3. The van der Waals surface area contributed by atoms with Crippen LogP contribution in [0.4, 0.5) is 5.69 Å². The summed E-state index contributed by atoms with van der Waals surface area (Å²) in [7, 11) is 0. The molecule has 0 unspecified atom stereocenters. The maximum atomic E-state index is 14.2. The number of carbonyl (C=O) groups excluding carboxylic acids is 3. The van der Waals surface area contributed by atoms with Crippen LogP contribution in [0.5, 0.6) is 0 Å².